The smallest absolute Gasteiger partial charge is 0.307 e. The summed E-state index contributed by atoms with van der Waals surface area (Å²) in [5, 5.41) is 9.48. The van der Waals surface area contributed by atoms with Crippen LogP contribution in [0.4, 0.5) is 0 Å². The molecular weight excluding hydrogens is 252 g/mol. The first kappa shape index (κ1) is 11.4. The molecule has 0 heterocycles. The predicted molar refractivity (Wildman–Crippen MR) is 73.8 cm³/mol. The lowest BCUT2D eigenvalue weighted by atomic mass is 9.74. The van der Waals surface area contributed by atoms with Crippen molar-refractivity contribution < 1.29 is 14.7 Å². The highest BCUT2D eigenvalue weighted by Crippen LogP contribution is 2.52. The van der Waals surface area contributed by atoms with Gasteiger partial charge in [-0.05, 0) is 22.3 Å². The normalized spacial score (nSPS) is 22.3. The molecule has 2 aromatic carbocycles. The maximum Gasteiger partial charge on any atom is 0.307 e. The van der Waals surface area contributed by atoms with Crippen LogP contribution in [0.1, 0.15) is 33.8 Å². The van der Waals surface area contributed by atoms with Gasteiger partial charge in [0, 0.05) is 17.9 Å². The Hall–Kier alpha value is -2.42. The summed E-state index contributed by atoms with van der Waals surface area (Å²) in [5.41, 5.74) is 4.73. The Bertz CT molecular complexity index is 761. The van der Waals surface area contributed by atoms with Gasteiger partial charge in [-0.3, -0.25) is 9.59 Å². The van der Waals surface area contributed by atoms with Crippen LogP contribution in [0.2, 0.25) is 0 Å². The van der Waals surface area contributed by atoms with Crippen molar-refractivity contribution in [3.63, 3.8) is 0 Å². The van der Waals surface area contributed by atoms with Crippen molar-refractivity contribution in [2.75, 3.05) is 0 Å². The van der Waals surface area contributed by atoms with Gasteiger partial charge in [-0.15, -0.1) is 0 Å². The van der Waals surface area contributed by atoms with E-state index in [9.17, 15) is 14.7 Å². The number of rotatable bonds is 1. The minimum atomic E-state index is -0.888. The summed E-state index contributed by atoms with van der Waals surface area (Å²) in [7, 11) is 0. The van der Waals surface area contributed by atoms with Crippen LogP contribution in [0.5, 0.6) is 0 Å². The van der Waals surface area contributed by atoms with E-state index in [-0.39, 0.29) is 18.1 Å². The third-order valence-corrected chi connectivity index (χ3v) is 4.43. The number of Topliss-reactive ketones (excluding diaryl/α,β-unsaturated/α-hetero) is 1. The van der Waals surface area contributed by atoms with Gasteiger partial charge in [-0.1, -0.05) is 42.5 Å². The number of carbonyl (C=O) groups is 2. The molecule has 0 bridgehead atoms. The number of hydrogen-bond donors (Lipinski definition) is 1. The summed E-state index contributed by atoms with van der Waals surface area (Å²) >= 11 is 0. The van der Waals surface area contributed by atoms with Crippen molar-refractivity contribution in [3.8, 4) is 11.1 Å². The van der Waals surface area contributed by atoms with Gasteiger partial charge in [0.25, 0.3) is 0 Å². The van der Waals surface area contributed by atoms with E-state index in [0.717, 1.165) is 22.3 Å². The van der Waals surface area contributed by atoms with Crippen molar-refractivity contribution in [2.24, 2.45) is 5.92 Å². The van der Waals surface area contributed by atoms with Crippen LogP contribution >= 0.6 is 0 Å². The topological polar surface area (TPSA) is 54.4 Å². The molecule has 2 aliphatic carbocycles. The lowest BCUT2D eigenvalue weighted by Gasteiger charge is -2.27. The van der Waals surface area contributed by atoms with E-state index >= 15 is 0 Å². The lowest BCUT2D eigenvalue weighted by molar-refractivity contribution is -0.142. The third-order valence-electron chi connectivity index (χ3n) is 4.43. The minimum absolute atomic E-state index is 0.0571. The summed E-state index contributed by atoms with van der Waals surface area (Å²) in [6.07, 6.45) is 0.0881. The Morgan fingerprint density at radius 2 is 1.70 bits per heavy atom. The first-order chi connectivity index (χ1) is 9.68. The molecule has 2 atom stereocenters. The van der Waals surface area contributed by atoms with E-state index in [1.54, 1.807) is 0 Å². The van der Waals surface area contributed by atoms with Crippen LogP contribution in [-0.4, -0.2) is 16.9 Å². The zero-order valence-electron chi connectivity index (χ0n) is 10.7. The fourth-order valence-corrected chi connectivity index (χ4v) is 3.62. The summed E-state index contributed by atoms with van der Waals surface area (Å²) < 4.78 is 0. The Balaban J connectivity index is 2.08. The van der Waals surface area contributed by atoms with Gasteiger partial charge >= 0.3 is 5.97 Å². The quantitative estimate of drug-likeness (QED) is 0.861. The minimum Gasteiger partial charge on any atom is -0.481 e. The third kappa shape index (κ3) is 1.29. The van der Waals surface area contributed by atoms with Gasteiger partial charge in [0.2, 0.25) is 0 Å². The van der Waals surface area contributed by atoms with E-state index in [1.165, 1.54) is 0 Å². The SMILES string of the molecule is O=C1C[C@@H](C(=O)O)[C@@H]2c3ccccc3-c3cccc1c32. The standard InChI is InChI=1S/C17H12O3/c18-14-8-13(17(19)20)16-10-5-2-1-4-9(10)11-6-3-7-12(14)15(11)16/h1-7,13,16H,8H2,(H,19,20)/t13-,16+/m1/s1. The summed E-state index contributed by atoms with van der Waals surface area (Å²) in [6, 6.07) is 13.6. The molecule has 3 heteroatoms. The van der Waals surface area contributed by atoms with Crippen molar-refractivity contribution in [1.82, 2.24) is 0 Å². The van der Waals surface area contributed by atoms with Crippen LogP contribution in [0.25, 0.3) is 11.1 Å². The van der Waals surface area contributed by atoms with Crippen LogP contribution in [0.3, 0.4) is 0 Å². The highest BCUT2D eigenvalue weighted by Gasteiger charge is 2.44. The molecule has 4 rings (SSSR count). The van der Waals surface area contributed by atoms with Gasteiger partial charge in [0.15, 0.2) is 5.78 Å². The average molecular weight is 264 g/mol. The van der Waals surface area contributed by atoms with Crippen molar-refractivity contribution in [3.05, 3.63) is 59.2 Å². The molecule has 0 fully saturated rings. The van der Waals surface area contributed by atoms with Crippen LogP contribution in [0, 0.1) is 5.92 Å². The summed E-state index contributed by atoms with van der Waals surface area (Å²) in [6.45, 7) is 0. The van der Waals surface area contributed by atoms with E-state index in [2.05, 4.69) is 0 Å². The van der Waals surface area contributed by atoms with Gasteiger partial charge in [-0.25, -0.2) is 0 Å². The molecular formula is C17H12O3. The highest BCUT2D eigenvalue weighted by atomic mass is 16.4. The second-order valence-corrected chi connectivity index (χ2v) is 5.40. The molecule has 1 N–H and O–H groups in total. The Morgan fingerprint density at radius 3 is 2.50 bits per heavy atom. The van der Waals surface area contributed by atoms with Crippen LogP contribution in [0.15, 0.2) is 42.5 Å². The lowest BCUT2D eigenvalue weighted by Crippen LogP contribution is -2.30. The zero-order chi connectivity index (χ0) is 13.9. The number of ketones is 1. The molecule has 0 aliphatic heterocycles. The van der Waals surface area contributed by atoms with Gasteiger partial charge in [0.1, 0.15) is 0 Å². The number of hydrogen-bond acceptors (Lipinski definition) is 2. The maximum absolute atomic E-state index is 12.2. The molecule has 20 heavy (non-hydrogen) atoms. The van der Waals surface area contributed by atoms with Crippen molar-refractivity contribution in [2.45, 2.75) is 12.3 Å². The number of fused-ring (bicyclic) bond motifs is 3. The first-order valence-electron chi connectivity index (χ1n) is 6.66. The molecule has 0 saturated carbocycles. The summed E-state index contributed by atoms with van der Waals surface area (Å²) in [5.74, 6) is -1.79. The van der Waals surface area contributed by atoms with E-state index in [0.29, 0.717) is 5.56 Å². The molecule has 2 aliphatic rings. The molecule has 0 saturated heterocycles. The van der Waals surface area contributed by atoms with E-state index in [1.807, 2.05) is 42.5 Å². The summed E-state index contributed by atoms with van der Waals surface area (Å²) in [4.78, 5) is 23.8. The van der Waals surface area contributed by atoms with Crippen molar-refractivity contribution >= 4 is 11.8 Å². The molecule has 98 valence electrons. The number of carboxylic acid groups (broad SMARTS) is 1. The molecule has 0 aromatic heterocycles. The van der Waals surface area contributed by atoms with Crippen molar-refractivity contribution in [1.29, 1.82) is 0 Å². The number of carboxylic acids is 1. The second-order valence-electron chi connectivity index (χ2n) is 5.40. The highest BCUT2D eigenvalue weighted by molar-refractivity contribution is 6.05. The van der Waals surface area contributed by atoms with E-state index in [4.69, 9.17) is 0 Å². The first-order valence-corrected chi connectivity index (χ1v) is 6.66. The fourth-order valence-electron chi connectivity index (χ4n) is 3.62. The molecule has 0 unspecified atom stereocenters. The monoisotopic (exact) mass is 264 g/mol. The molecule has 0 amide bonds. The molecule has 0 radical (unpaired) electrons. The molecule has 0 spiro atoms. The number of carbonyl (C=O) groups excluding carboxylic acids is 1. The van der Waals surface area contributed by atoms with Gasteiger partial charge in [-0.2, -0.15) is 0 Å². The van der Waals surface area contributed by atoms with Gasteiger partial charge in [0.05, 0.1) is 5.92 Å². The second kappa shape index (κ2) is 3.79. The molecule has 3 nitrogen and oxygen atoms in total. The molecule has 2 aromatic rings. The number of benzene rings is 2. The van der Waals surface area contributed by atoms with Gasteiger partial charge < -0.3 is 5.11 Å². The Kier molecular flexibility index (Phi) is 2.16. The average Bonchev–Trinajstić information content (AvgIpc) is 2.79. The maximum atomic E-state index is 12.2. The Morgan fingerprint density at radius 1 is 1.00 bits per heavy atom. The largest absolute Gasteiger partial charge is 0.481 e. The zero-order valence-corrected chi connectivity index (χ0v) is 10.7. The number of aliphatic carboxylic acids is 1. The fraction of sp³-hybridized carbons (Fsp3) is 0.176. The van der Waals surface area contributed by atoms with E-state index < -0.39 is 11.9 Å². The van der Waals surface area contributed by atoms with Crippen LogP contribution < -0.4 is 0 Å². The predicted octanol–water partition coefficient (Wildman–Crippen LogP) is 3.09. The Labute approximate surface area is 115 Å². The van der Waals surface area contributed by atoms with Crippen LogP contribution in [-0.2, 0) is 4.79 Å².